The van der Waals surface area contributed by atoms with Gasteiger partial charge in [-0.3, -0.25) is 0 Å². The van der Waals surface area contributed by atoms with Crippen molar-refractivity contribution in [3.63, 3.8) is 0 Å². The molecule has 0 fully saturated rings. The highest BCUT2D eigenvalue weighted by atomic mass is 35.5. The molecule has 1 aromatic carbocycles. The molecule has 4 nitrogen and oxygen atoms in total. The van der Waals surface area contributed by atoms with Gasteiger partial charge in [0.15, 0.2) is 0 Å². The van der Waals surface area contributed by atoms with Crippen LogP contribution >= 0.6 is 11.6 Å². The van der Waals surface area contributed by atoms with Gasteiger partial charge in [-0.1, -0.05) is 26.0 Å². The van der Waals surface area contributed by atoms with Crippen LogP contribution in [-0.2, 0) is 20.6 Å². The molecule has 0 aliphatic carbocycles. The molecule has 0 N–H and O–H groups in total. The average Bonchev–Trinajstić information content (AvgIpc) is 2.51. The summed E-state index contributed by atoms with van der Waals surface area (Å²) in [5, 5.41) is 0. The SMILES string of the molecule is CCC(CC)N(CCOC)S(=O)(=O)c1cccc(CCl)c1. The zero-order valence-corrected chi connectivity index (χ0v) is 14.5. The smallest absolute Gasteiger partial charge is 0.243 e. The lowest BCUT2D eigenvalue weighted by Crippen LogP contribution is -2.41. The van der Waals surface area contributed by atoms with E-state index in [-0.39, 0.29) is 6.04 Å². The molecule has 0 aliphatic heterocycles. The van der Waals surface area contributed by atoms with Gasteiger partial charge in [0.25, 0.3) is 0 Å². The minimum absolute atomic E-state index is 0.0233. The molecule has 0 heterocycles. The van der Waals surface area contributed by atoms with Crippen molar-refractivity contribution in [1.29, 1.82) is 0 Å². The van der Waals surface area contributed by atoms with Crippen LogP contribution in [0, 0.1) is 0 Å². The number of methoxy groups -OCH3 is 1. The van der Waals surface area contributed by atoms with Crippen molar-refractivity contribution >= 4 is 21.6 Å². The van der Waals surface area contributed by atoms with Gasteiger partial charge >= 0.3 is 0 Å². The van der Waals surface area contributed by atoms with Crippen molar-refractivity contribution in [1.82, 2.24) is 4.31 Å². The Morgan fingerprint density at radius 2 is 1.95 bits per heavy atom. The van der Waals surface area contributed by atoms with E-state index in [1.807, 2.05) is 19.9 Å². The van der Waals surface area contributed by atoms with E-state index in [1.165, 1.54) is 0 Å². The fraction of sp³-hybridized carbons (Fsp3) is 0.600. The molecule has 1 rings (SSSR count). The molecule has 1 aromatic rings. The highest BCUT2D eigenvalue weighted by molar-refractivity contribution is 7.89. The second-order valence-electron chi connectivity index (χ2n) is 4.86. The first-order valence-electron chi connectivity index (χ1n) is 7.16. The van der Waals surface area contributed by atoms with Crippen LogP contribution in [0.5, 0.6) is 0 Å². The lowest BCUT2D eigenvalue weighted by atomic mass is 10.2. The Bertz CT molecular complexity index is 529. The molecule has 0 aromatic heterocycles. The van der Waals surface area contributed by atoms with Gasteiger partial charge in [0, 0.05) is 25.6 Å². The molecule has 21 heavy (non-hydrogen) atoms. The Morgan fingerprint density at radius 1 is 1.29 bits per heavy atom. The van der Waals surface area contributed by atoms with Gasteiger partial charge in [0.2, 0.25) is 10.0 Å². The molecule has 0 spiro atoms. The maximum atomic E-state index is 12.9. The number of rotatable bonds is 9. The van der Waals surface area contributed by atoms with E-state index in [2.05, 4.69) is 0 Å². The zero-order valence-electron chi connectivity index (χ0n) is 12.9. The minimum atomic E-state index is -3.53. The van der Waals surface area contributed by atoms with Crippen molar-refractivity contribution in [2.24, 2.45) is 0 Å². The quantitative estimate of drug-likeness (QED) is 0.652. The Balaban J connectivity index is 3.18. The standard InChI is InChI=1S/C15H24ClNO3S/c1-4-14(5-2)17(9-10-20-3)21(18,19)15-8-6-7-13(11-15)12-16/h6-8,11,14H,4-5,9-10,12H2,1-3H3. The predicted octanol–water partition coefficient (Wildman–Crippen LogP) is 3.25. The van der Waals surface area contributed by atoms with Gasteiger partial charge in [0.05, 0.1) is 11.5 Å². The van der Waals surface area contributed by atoms with Crippen molar-refractivity contribution < 1.29 is 13.2 Å². The van der Waals surface area contributed by atoms with E-state index in [1.54, 1.807) is 29.6 Å². The van der Waals surface area contributed by atoms with E-state index in [4.69, 9.17) is 16.3 Å². The van der Waals surface area contributed by atoms with Gasteiger partial charge in [0.1, 0.15) is 0 Å². The van der Waals surface area contributed by atoms with Crippen LogP contribution in [0.25, 0.3) is 0 Å². The third-order valence-corrected chi connectivity index (χ3v) is 5.78. The number of nitrogens with zero attached hydrogens (tertiary/aromatic N) is 1. The highest BCUT2D eigenvalue weighted by Gasteiger charge is 2.29. The molecule has 6 heteroatoms. The summed E-state index contributed by atoms with van der Waals surface area (Å²) < 4.78 is 32.4. The van der Waals surface area contributed by atoms with E-state index < -0.39 is 10.0 Å². The normalized spacial score (nSPS) is 12.3. The van der Waals surface area contributed by atoms with E-state index in [9.17, 15) is 8.42 Å². The van der Waals surface area contributed by atoms with Crippen LogP contribution in [0.3, 0.4) is 0 Å². The first-order valence-corrected chi connectivity index (χ1v) is 9.14. The summed E-state index contributed by atoms with van der Waals surface area (Å²) in [5.41, 5.74) is 0.800. The Labute approximate surface area is 133 Å². The third kappa shape index (κ3) is 4.68. The molecular weight excluding hydrogens is 310 g/mol. The molecule has 0 unspecified atom stereocenters. The van der Waals surface area contributed by atoms with Gasteiger partial charge in [-0.25, -0.2) is 8.42 Å². The van der Waals surface area contributed by atoms with E-state index in [0.717, 1.165) is 18.4 Å². The number of halogens is 1. The maximum Gasteiger partial charge on any atom is 0.243 e. The minimum Gasteiger partial charge on any atom is -0.383 e. The largest absolute Gasteiger partial charge is 0.383 e. The summed E-state index contributed by atoms with van der Waals surface area (Å²) in [5.74, 6) is 0.298. The second kappa shape index (κ2) is 8.73. The fourth-order valence-electron chi connectivity index (χ4n) is 2.30. The average molecular weight is 334 g/mol. The Hall–Kier alpha value is -0.620. The third-order valence-electron chi connectivity index (χ3n) is 3.52. The van der Waals surface area contributed by atoms with Crippen LogP contribution in [0.4, 0.5) is 0 Å². The molecular formula is C15H24ClNO3S. The lowest BCUT2D eigenvalue weighted by Gasteiger charge is -2.29. The molecule has 0 bridgehead atoms. The molecule has 0 saturated heterocycles. The van der Waals surface area contributed by atoms with E-state index in [0.29, 0.717) is 23.9 Å². The van der Waals surface area contributed by atoms with Gasteiger partial charge in [-0.2, -0.15) is 4.31 Å². The monoisotopic (exact) mass is 333 g/mol. The van der Waals surface area contributed by atoms with Crippen LogP contribution in [-0.4, -0.2) is 39.0 Å². The molecule has 120 valence electrons. The van der Waals surface area contributed by atoms with Gasteiger partial charge in [-0.15, -0.1) is 11.6 Å². The zero-order chi connectivity index (χ0) is 15.9. The van der Waals surface area contributed by atoms with Crippen molar-refractivity contribution in [2.75, 3.05) is 20.3 Å². The van der Waals surface area contributed by atoms with Crippen molar-refractivity contribution in [3.8, 4) is 0 Å². The number of benzene rings is 1. The van der Waals surface area contributed by atoms with Crippen LogP contribution < -0.4 is 0 Å². The molecule has 0 aliphatic rings. The van der Waals surface area contributed by atoms with Crippen molar-refractivity contribution in [2.45, 2.75) is 43.5 Å². The molecule has 0 atom stereocenters. The Kier molecular flexibility index (Phi) is 7.66. The Morgan fingerprint density at radius 3 is 2.48 bits per heavy atom. The van der Waals surface area contributed by atoms with Crippen LogP contribution in [0.15, 0.2) is 29.2 Å². The molecule has 0 radical (unpaired) electrons. The summed E-state index contributed by atoms with van der Waals surface area (Å²) in [7, 11) is -1.96. The highest BCUT2D eigenvalue weighted by Crippen LogP contribution is 2.22. The van der Waals surface area contributed by atoms with Crippen molar-refractivity contribution in [3.05, 3.63) is 29.8 Å². The first kappa shape index (κ1) is 18.4. The summed E-state index contributed by atoms with van der Waals surface area (Å²) >= 11 is 5.80. The predicted molar refractivity (Wildman–Crippen MR) is 86.1 cm³/mol. The topological polar surface area (TPSA) is 46.6 Å². The number of sulfonamides is 1. The number of alkyl halides is 1. The molecule has 0 saturated carbocycles. The lowest BCUT2D eigenvalue weighted by molar-refractivity contribution is 0.163. The molecule has 0 amide bonds. The number of hydrogen-bond acceptors (Lipinski definition) is 3. The summed E-state index contributed by atoms with van der Waals surface area (Å²) in [6.07, 6.45) is 1.54. The first-order chi connectivity index (χ1) is 10.0. The van der Waals surface area contributed by atoms with Gasteiger partial charge in [-0.05, 0) is 30.5 Å². The van der Waals surface area contributed by atoms with Crippen LogP contribution in [0.2, 0.25) is 0 Å². The fourth-order valence-corrected chi connectivity index (χ4v) is 4.29. The number of ether oxygens (including phenoxy) is 1. The van der Waals surface area contributed by atoms with Gasteiger partial charge < -0.3 is 4.74 Å². The number of hydrogen-bond donors (Lipinski definition) is 0. The maximum absolute atomic E-state index is 12.9. The second-order valence-corrected chi connectivity index (χ2v) is 7.02. The summed E-state index contributed by atoms with van der Waals surface area (Å²) in [4.78, 5) is 0.295. The van der Waals surface area contributed by atoms with Crippen LogP contribution in [0.1, 0.15) is 32.3 Å². The summed E-state index contributed by atoms with van der Waals surface area (Å²) in [6, 6.07) is 6.79. The summed E-state index contributed by atoms with van der Waals surface area (Å²) in [6.45, 7) is 4.73. The van der Waals surface area contributed by atoms with E-state index >= 15 is 0 Å².